The molecule has 0 radical (unpaired) electrons. The van der Waals surface area contributed by atoms with Crippen molar-refractivity contribution >= 4 is 19.9 Å². The highest BCUT2D eigenvalue weighted by Gasteiger charge is 2.36. The molecule has 0 aliphatic carbocycles. The maximum atomic E-state index is 6.04. The van der Waals surface area contributed by atoms with Crippen LogP contribution in [0.3, 0.4) is 0 Å². The minimum Gasteiger partial charge on any atom is -0.415 e. The molecule has 0 amide bonds. The molecule has 0 fully saturated rings. The van der Waals surface area contributed by atoms with Gasteiger partial charge in [-0.3, -0.25) is 4.68 Å². The zero-order valence-electron chi connectivity index (χ0n) is 10.7. The zero-order valence-corrected chi connectivity index (χ0v) is 12.5. The summed E-state index contributed by atoms with van der Waals surface area (Å²) in [5.74, 6) is 0. The molecule has 3 nitrogen and oxygen atoms in total. The molecule has 0 aliphatic heterocycles. The fourth-order valence-corrected chi connectivity index (χ4v) is 2.26. The van der Waals surface area contributed by atoms with E-state index in [0.29, 0.717) is 11.6 Å². The van der Waals surface area contributed by atoms with Crippen LogP contribution in [0.4, 0.5) is 0 Å². The van der Waals surface area contributed by atoms with Crippen LogP contribution in [0.2, 0.25) is 23.2 Å². The smallest absolute Gasteiger partial charge is 0.192 e. The summed E-state index contributed by atoms with van der Waals surface area (Å²) in [5.41, 5.74) is 0. The van der Waals surface area contributed by atoms with Gasteiger partial charge in [-0.1, -0.05) is 32.4 Å². The lowest BCUT2D eigenvalue weighted by molar-refractivity contribution is 0.266. The molecule has 0 bridgehead atoms. The molecular formula is C11H21ClN2OSi. The molecular weight excluding hydrogens is 240 g/mol. The lowest BCUT2D eigenvalue weighted by Gasteiger charge is -2.36. The summed E-state index contributed by atoms with van der Waals surface area (Å²) < 4.78 is 7.86. The highest BCUT2D eigenvalue weighted by molar-refractivity contribution is 6.74. The topological polar surface area (TPSA) is 27.1 Å². The van der Waals surface area contributed by atoms with Crippen molar-refractivity contribution in [2.24, 2.45) is 0 Å². The Morgan fingerprint density at radius 1 is 1.44 bits per heavy atom. The van der Waals surface area contributed by atoms with Gasteiger partial charge >= 0.3 is 0 Å². The van der Waals surface area contributed by atoms with E-state index in [1.54, 1.807) is 6.20 Å². The number of rotatable bonds is 4. The van der Waals surface area contributed by atoms with E-state index in [9.17, 15) is 0 Å². The van der Waals surface area contributed by atoms with Gasteiger partial charge in [-0.05, 0) is 18.1 Å². The number of aromatic nitrogens is 2. The van der Waals surface area contributed by atoms with Crippen LogP contribution in [0, 0.1) is 0 Å². The normalized spacial score (nSPS) is 13.1. The molecule has 0 atom stereocenters. The van der Waals surface area contributed by atoms with Gasteiger partial charge < -0.3 is 4.43 Å². The highest BCUT2D eigenvalue weighted by atomic mass is 35.5. The van der Waals surface area contributed by atoms with Crippen LogP contribution in [0.1, 0.15) is 20.8 Å². The SMILES string of the molecule is CC(C)(C)[Si](C)(C)OCCn1cc(Cl)cn1. The minimum atomic E-state index is -1.63. The molecule has 0 aliphatic rings. The standard InChI is InChI=1S/C11H21ClN2OSi/c1-11(2,3)16(4,5)15-7-6-14-9-10(12)8-13-14/h8-9H,6-7H2,1-5H3. The summed E-state index contributed by atoms with van der Waals surface area (Å²) in [6.07, 6.45) is 3.46. The molecule has 16 heavy (non-hydrogen) atoms. The average molecular weight is 261 g/mol. The third-order valence-corrected chi connectivity index (χ3v) is 7.92. The van der Waals surface area contributed by atoms with E-state index in [1.165, 1.54) is 0 Å². The molecule has 0 N–H and O–H groups in total. The van der Waals surface area contributed by atoms with Gasteiger partial charge in [0, 0.05) is 6.20 Å². The fraction of sp³-hybridized carbons (Fsp3) is 0.727. The number of halogens is 1. The molecule has 1 rings (SSSR count). The third-order valence-electron chi connectivity index (χ3n) is 3.19. The molecule has 0 aromatic carbocycles. The van der Waals surface area contributed by atoms with Crippen molar-refractivity contribution in [3.05, 3.63) is 17.4 Å². The second-order valence-electron chi connectivity index (χ2n) is 5.53. The van der Waals surface area contributed by atoms with Crippen LogP contribution in [0.5, 0.6) is 0 Å². The Morgan fingerprint density at radius 3 is 2.50 bits per heavy atom. The molecule has 5 heteroatoms. The predicted molar refractivity (Wildman–Crippen MR) is 70.4 cm³/mol. The number of hydrogen-bond acceptors (Lipinski definition) is 2. The highest BCUT2D eigenvalue weighted by Crippen LogP contribution is 2.36. The molecule has 0 unspecified atom stereocenters. The Balaban J connectivity index is 2.41. The van der Waals surface area contributed by atoms with Gasteiger partial charge in [0.25, 0.3) is 0 Å². The van der Waals surface area contributed by atoms with Gasteiger partial charge in [-0.2, -0.15) is 5.10 Å². The van der Waals surface area contributed by atoms with Gasteiger partial charge in [-0.15, -0.1) is 0 Å². The summed E-state index contributed by atoms with van der Waals surface area (Å²) in [4.78, 5) is 0. The molecule has 0 saturated heterocycles. The Morgan fingerprint density at radius 2 is 2.06 bits per heavy atom. The molecule has 92 valence electrons. The van der Waals surface area contributed by atoms with Gasteiger partial charge in [0.05, 0.1) is 24.4 Å². The average Bonchev–Trinajstić information content (AvgIpc) is 2.49. The van der Waals surface area contributed by atoms with Crippen molar-refractivity contribution < 1.29 is 4.43 Å². The van der Waals surface area contributed by atoms with E-state index in [0.717, 1.165) is 6.54 Å². The number of nitrogens with zero attached hydrogens (tertiary/aromatic N) is 2. The molecule has 0 spiro atoms. The van der Waals surface area contributed by atoms with Gasteiger partial charge in [0.1, 0.15) is 0 Å². The Labute approximate surface area is 104 Å². The Bertz CT molecular complexity index is 344. The van der Waals surface area contributed by atoms with Crippen molar-refractivity contribution in [2.45, 2.75) is 45.4 Å². The summed E-state index contributed by atoms with van der Waals surface area (Å²) in [7, 11) is -1.63. The van der Waals surface area contributed by atoms with E-state index in [2.05, 4.69) is 39.0 Å². The van der Waals surface area contributed by atoms with E-state index < -0.39 is 8.32 Å². The Kier molecular flexibility index (Phi) is 4.21. The largest absolute Gasteiger partial charge is 0.415 e. The summed E-state index contributed by atoms with van der Waals surface area (Å²) in [5, 5.41) is 5.05. The second-order valence-corrected chi connectivity index (χ2v) is 10.8. The van der Waals surface area contributed by atoms with Crippen molar-refractivity contribution in [1.29, 1.82) is 0 Å². The molecule has 1 aromatic rings. The molecule has 0 saturated carbocycles. The summed E-state index contributed by atoms with van der Waals surface area (Å²) in [6.45, 7) is 12.7. The first-order valence-corrected chi connectivity index (χ1v) is 8.83. The van der Waals surface area contributed by atoms with Crippen molar-refractivity contribution in [3.63, 3.8) is 0 Å². The number of hydrogen-bond donors (Lipinski definition) is 0. The van der Waals surface area contributed by atoms with Crippen molar-refractivity contribution in [3.8, 4) is 0 Å². The van der Waals surface area contributed by atoms with Crippen molar-refractivity contribution in [2.75, 3.05) is 6.61 Å². The van der Waals surface area contributed by atoms with Crippen molar-refractivity contribution in [1.82, 2.24) is 9.78 Å². The third kappa shape index (κ3) is 3.61. The fourth-order valence-electron chi connectivity index (χ4n) is 1.07. The van der Waals surface area contributed by atoms with E-state index in [-0.39, 0.29) is 5.04 Å². The lowest BCUT2D eigenvalue weighted by Crippen LogP contribution is -2.41. The van der Waals surface area contributed by atoms with E-state index >= 15 is 0 Å². The lowest BCUT2D eigenvalue weighted by atomic mass is 10.2. The van der Waals surface area contributed by atoms with Crippen LogP contribution in [0.25, 0.3) is 0 Å². The van der Waals surface area contributed by atoms with E-state index in [4.69, 9.17) is 16.0 Å². The van der Waals surface area contributed by atoms with Crippen LogP contribution >= 0.6 is 11.6 Å². The maximum Gasteiger partial charge on any atom is 0.192 e. The first kappa shape index (κ1) is 13.7. The van der Waals surface area contributed by atoms with Crippen LogP contribution in [-0.4, -0.2) is 24.7 Å². The zero-order chi connectivity index (χ0) is 12.4. The van der Waals surface area contributed by atoms with Gasteiger partial charge in [0.2, 0.25) is 0 Å². The molecule has 1 heterocycles. The van der Waals surface area contributed by atoms with Crippen LogP contribution in [0.15, 0.2) is 12.4 Å². The Hall–Kier alpha value is -0.323. The summed E-state index contributed by atoms with van der Waals surface area (Å²) in [6, 6.07) is 0. The predicted octanol–water partition coefficient (Wildman–Crippen LogP) is 3.56. The van der Waals surface area contributed by atoms with E-state index in [1.807, 2.05) is 10.9 Å². The molecule has 1 aromatic heterocycles. The first-order valence-electron chi connectivity index (χ1n) is 5.54. The van der Waals surface area contributed by atoms with Gasteiger partial charge in [0.15, 0.2) is 8.32 Å². The quantitative estimate of drug-likeness (QED) is 0.774. The minimum absolute atomic E-state index is 0.259. The summed E-state index contributed by atoms with van der Waals surface area (Å²) >= 11 is 5.79. The van der Waals surface area contributed by atoms with Crippen LogP contribution < -0.4 is 0 Å². The monoisotopic (exact) mass is 260 g/mol. The van der Waals surface area contributed by atoms with Crippen LogP contribution in [-0.2, 0) is 11.0 Å². The first-order chi connectivity index (χ1) is 7.22. The maximum absolute atomic E-state index is 6.04. The van der Waals surface area contributed by atoms with Gasteiger partial charge in [-0.25, -0.2) is 0 Å². The second kappa shape index (κ2) is 4.90.